The molecule has 0 aliphatic heterocycles. The second-order valence-corrected chi connectivity index (χ2v) is 7.67. The molecule has 4 rings (SSSR count). The Hall–Kier alpha value is -4.39. The van der Waals surface area contributed by atoms with Gasteiger partial charge in [-0.2, -0.15) is 0 Å². The highest BCUT2D eigenvalue weighted by Gasteiger charge is 2.19. The third-order valence-electron chi connectivity index (χ3n) is 5.10. The summed E-state index contributed by atoms with van der Waals surface area (Å²) in [5.41, 5.74) is 4.02. The number of amides is 1. The van der Waals surface area contributed by atoms with Crippen molar-refractivity contribution in [2.75, 3.05) is 5.32 Å². The predicted octanol–water partition coefficient (Wildman–Crippen LogP) is 5.22. The van der Waals surface area contributed by atoms with Crippen molar-refractivity contribution >= 4 is 17.6 Å². The van der Waals surface area contributed by atoms with Crippen molar-refractivity contribution in [3.05, 3.63) is 101 Å². The molecule has 1 amide bonds. The van der Waals surface area contributed by atoms with Crippen LogP contribution in [0.15, 0.2) is 72.8 Å². The number of nitrogens with one attached hydrogen (secondary N) is 2. The smallest absolute Gasteiger partial charge is 0.335 e. The van der Waals surface area contributed by atoms with E-state index in [1.807, 2.05) is 61.5 Å². The van der Waals surface area contributed by atoms with Crippen LogP contribution in [0.25, 0.3) is 11.4 Å². The number of hydrogen-bond acceptors (Lipinski definition) is 4. The van der Waals surface area contributed by atoms with Gasteiger partial charge in [0.1, 0.15) is 23.9 Å². The summed E-state index contributed by atoms with van der Waals surface area (Å²) >= 11 is 0. The van der Waals surface area contributed by atoms with E-state index < -0.39 is 11.9 Å². The third-order valence-corrected chi connectivity index (χ3v) is 5.10. The van der Waals surface area contributed by atoms with Crippen LogP contribution in [0.1, 0.15) is 37.7 Å². The molecule has 166 valence electrons. The van der Waals surface area contributed by atoms with Gasteiger partial charge in [-0.25, -0.2) is 9.78 Å². The van der Waals surface area contributed by atoms with Crippen LogP contribution in [0, 0.1) is 13.8 Å². The van der Waals surface area contributed by atoms with E-state index >= 15 is 0 Å². The van der Waals surface area contributed by atoms with Gasteiger partial charge < -0.3 is 20.1 Å². The van der Waals surface area contributed by atoms with Crippen molar-refractivity contribution in [3.63, 3.8) is 0 Å². The average Bonchev–Trinajstić information content (AvgIpc) is 3.20. The molecule has 7 nitrogen and oxygen atoms in total. The normalized spacial score (nSPS) is 10.6. The molecule has 0 spiro atoms. The molecular formula is C26H23N3O4. The van der Waals surface area contributed by atoms with Crippen LogP contribution in [0.4, 0.5) is 5.69 Å². The van der Waals surface area contributed by atoms with E-state index in [4.69, 9.17) is 4.74 Å². The number of carboxylic acid groups (broad SMARTS) is 1. The largest absolute Gasteiger partial charge is 0.487 e. The van der Waals surface area contributed by atoms with E-state index in [1.165, 1.54) is 18.2 Å². The fraction of sp³-hybridized carbons (Fsp3) is 0.115. The van der Waals surface area contributed by atoms with Gasteiger partial charge in [0.15, 0.2) is 0 Å². The fourth-order valence-electron chi connectivity index (χ4n) is 3.41. The van der Waals surface area contributed by atoms with Crippen LogP contribution in [0.5, 0.6) is 5.75 Å². The molecule has 3 aromatic carbocycles. The number of benzene rings is 3. The summed E-state index contributed by atoms with van der Waals surface area (Å²) in [6.45, 7) is 4.02. The van der Waals surface area contributed by atoms with Crippen molar-refractivity contribution in [1.29, 1.82) is 0 Å². The number of carbonyl (C=O) groups excluding carboxylic acids is 1. The minimum absolute atomic E-state index is 0.0385. The molecule has 4 aromatic rings. The van der Waals surface area contributed by atoms with Crippen LogP contribution in [0.2, 0.25) is 0 Å². The number of carboxylic acids is 1. The molecule has 0 fully saturated rings. The molecule has 0 radical (unpaired) electrons. The van der Waals surface area contributed by atoms with Crippen LogP contribution < -0.4 is 10.1 Å². The molecule has 0 atom stereocenters. The number of nitrogens with zero attached hydrogens (tertiary/aromatic N) is 1. The van der Waals surface area contributed by atoms with E-state index in [-0.39, 0.29) is 23.6 Å². The highest BCUT2D eigenvalue weighted by Crippen LogP contribution is 2.28. The number of aromatic carboxylic acids is 1. The van der Waals surface area contributed by atoms with Gasteiger partial charge in [-0.05, 0) is 43.7 Å². The molecule has 1 heterocycles. The highest BCUT2D eigenvalue weighted by molar-refractivity contribution is 6.05. The van der Waals surface area contributed by atoms with E-state index in [0.717, 1.165) is 16.7 Å². The van der Waals surface area contributed by atoms with Crippen LogP contribution in [-0.4, -0.2) is 27.0 Å². The maximum absolute atomic E-state index is 13.1. The molecule has 0 bridgehead atoms. The lowest BCUT2D eigenvalue weighted by molar-refractivity contribution is 0.0696. The van der Waals surface area contributed by atoms with Gasteiger partial charge in [-0.15, -0.1) is 0 Å². The van der Waals surface area contributed by atoms with Crippen molar-refractivity contribution in [1.82, 2.24) is 9.97 Å². The topological polar surface area (TPSA) is 104 Å². The molecular weight excluding hydrogens is 418 g/mol. The predicted molar refractivity (Wildman–Crippen MR) is 126 cm³/mol. The summed E-state index contributed by atoms with van der Waals surface area (Å²) in [5.74, 6) is -0.613. The summed E-state index contributed by atoms with van der Waals surface area (Å²) in [4.78, 5) is 32.1. The molecule has 0 saturated heterocycles. The molecule has 1 aromatic heterocycles. The zero-order valence-electron chi connectivity index (χ0n) is 18.3. The Morgan fingerprint density at radius 2 is 1.79 bits per heavy atom. The highest BCUT2D eigenvalue weighted by atomic mass is 16.5. The lowest BCUT2D eigenvalue weighted by Gasteiger charge is -2.13. The Morgan fingerprint density at radius 3 is 2.52 bits per heavy atom. The number of aromatic nitrogens is 2. The van der Waals surface area contributed by atoms with Crippen LogP contribution in [0.3, 0.4) is 0 Å². The van der Waals surface area contributed by atoms with Gasteiger partial charge in [-0.3, -0.25) is 4.79 Å². The van der Waals surface area contributed by atoms with Crippen molar-refractivity contribution in [3.8, 4) is 17.1 Å². The summed E-state index contributed by atoms with van der Waals surface area (Å²) in [6, 6.07) is 21.7. The average molecular weight is 441 g/mol. The van der Waals surface area contributed by atoms with Gasteiger partial charge in [0.25, 0.3) is 5.91 Å². The molecule has 33 heavy (non-hydrogen) atoms. The number of aryl methyl sites for hydroxylation is 2. The lowest BCUT2D eigenvalue weighted by Crippen LogP contribution is -2.15. The van der Waals surface area contributed by atoms with Crippen molar-refractivity contribution < 1.29 is 19.4 Å². The maximum Gasteiger partial charge on any atom is 0.335 e. The van der Waals surface area contributed by atoms with Crippen LogP contribution in [-0.2, 0) is 6.61 Å². The molecule has 0 saturated carbocycles. The van der Waals surface area contributed by atoms with Gasteiger partial charge in [0, 0.05) is 11.3 Å². The van der Waals surface area contributed by atoms with E-state index in [9.17, 15) is 14.7 Å². The molecule has 7 heteroatoms. The summed E-state index contributed by atoms with van der Waals surface area (Å²) in [7, 11) is 0. The van der Waals surface area contributed by atoms with Gasteiger partial charge in [-0.1, -0.05) is 54.1 Å². The Morgan fingerprint density at radius 1 is 1.00 bits per heavy atom. The Balaban J connectivity index is 1.60. The van der Waals surface area contributed by atoms with Crippen molar-refractivity contribution in [2.45, 2.75) is 20.5 Å². The van der Waals surface area contributed by atoms with Crippen LogP contribution >= 0.6 is 0 Å². The zero-order valence-corrected chi connectivity index (χ0v) is 18.3. The lowest BCUT2D eigenvalue weighted by atomic mass is 10.1. The first-order valence-corrected chi connectivity index (χ1v) is 10.4. The Bertz CT molecular complexity index is 1310. The molecule has 0 unspecified atom stereocenters. The second kappa shape index (κ2) is 9.40. The monoisotopic (exact) mass is 441 g/mol. The minimum atomic E-state index is -1.10. The SMILES string of the molecule is Cc1cccc(-c2nc(C(=O)Nc3cc(C(=O)O)ccc3OCc3ccccc3)c(C)[nH]2)c1. The summed E-state index contributed by atoms with van der Waals surface area (Å²) in [5, 5.41) is 12.1. The first-order valence-electron chi connectivity index (χ1n) is 10.4. The number of imidazole rings is 1. The van der Waals surface area contributed by atoms with E-state index in [1.54, 1.807) is 6.92 Å². The number of aromatic amines is 1. The number of hydrogen-bond donors (Lipinski definition) is 3. The fourth-order valence-corrected chi connectivity index (χ4v) is 3.41. The van der Waals surface area contributed by atoms with E-state index in [0.29, 0.717) is 17.3 Å². The van der Waals surface area contributed by atoms with Gasteiger partial charge >= 0.3 is 5.97 Å². The zero-order chi connectivity index (χ0) is 23.4. The maximum atomic E-state index is 13.1. The molecule has 0 aliphatic carbocycles. The third kappa shape index (κ3) is 5.10. The first-order chi connectivity index (χ1) is 15.9. The Labute approximate surface area is 191 Å². The number of ether oxygens (including phenoxy) is 1. The second-order valence-electron chi connectivity index (χ2n) is 7.67. The standard InChI is InChI=1S/C26H23N3O4/c1-16-7-6-10-19(13-16)24-27-17(2)23(29-24)25(30)28-21-14-20(26(31)32)11-12-22(21)33-15-18-8-4-3-5-9-18/h3-14H,15H2,1-2H3,(H,27,29)(H,28,30)(H,31,32). The quantitative estimate of drug-likeness (QED) is 0.365. The molecule has 3 N–H and O–H groups in total. The number of H-pyrrole nitrogens is 1. The van der Waals surface area contributed by atoms with E-state index in [2.05, 4.69) is 15.3 Å². The Kier molecular flexibility index (Phi) is 6.22. The molecule has 0 aliphatic rings. The first kappa shape index (κ1) is 21.8. The van der Waals surface area contributed by atoms with Gasteiger partial charge in [0.2, 0.25) is 0 Å². The number of rotatable bonds is 7. The van der Waals surface area contributed by atoms with Crippen molar-refractivity contribution in [2.24, 2.45) is 0 Å². The minimum Gasteiger partial charge on any atom is -0.487 e. The summed E-state index contributed by atoms with van der Waals surface area (Å²) in [6.07, 6.45) is 0. The summed E-state index contributed by atoms with van der Waals surface area (Å²) < 4.78 is 5.88. The number of carbonyl (C=O) groups is 2. The number of anilines is 1. The van der Waals surface area contributed by atoms with Gasteiger partial charge in [0.05, 0.1) is 11.3 Å².